The quantitative estimate of drug-likeness (QED) is 0.941. The second kappa shape index (κ2) is 6.08. The van der Waals surface area contributed by atoms with E-state index in [2.05, 4.69) is 15.2 Å². The summed E-state index contributed by atoms with van der Waals surface area (Å²) in [7, 11) is 0. The highest BCUT2D eigenvalue weighted by molar-refractivity contribution is 6.04. The van der Waals surface area contributed by atoms with Crippen molar-refractivity contribution in [2.75, 3.05) is 5.32 Å². The molecule has 0 aliphatic rings. The van der Waals surface area contributed by atoms with Crippen LogP contribution >= 0.6 is 0 Å². The van der Waals surface area contributed by atoms with Gasteiger partial charge in [0.2, 0.25) is 0 Å². The highest BCUT2D eigenvalue weighted by atomic mass is 19.4. The number of anilines is 1. The summed E-state index contributed by atoms with van der Waals surface area (Å²) < 4.78 is 41.6. The van der Waals surface area contributed by atoms with Crippen LogP contribution in [0.15, 0.2) is 30.5 Å². The molecule has 0 fully saturated rings. The van der Waals surface area contributed by atoms with Crippen LogP contribution in [0.2, 0.25) is 0 Å². The number of hydrogen-bond acceptors (Lipinski definition) is 3. The largest absolute Gasteiger partial charge is 0.573 e. The average molecular weight is 313 g/mol. The number of rotatable bonds is 4. The topological polar surface area (TPSA) is 56.2 Å². The molecule has 0 spiro atoms. The lowest BCUT2D eigenvalue weighted by Gasteiger charge is -2.10. The first-order valence-corrected chi connectivity index (χ1v) is 6.49. The summed E-state index contributed by atoms with van der Waals surface area (Å²) in [5.74, 6) is -0.720. The molecule has 0 aliphatic heterocycles. The molecule has 22 heavy (non-hydrogen) atoms. The molecule has 118 valence electrons. The number of aryl methyl sites for hydroxylation is 1. The first-order valence-electron chi connectivity index (χ1n) is 6.49. The highest BCUT2D eigenvalue weighted by Gasteiger charge is 2.30. The lowest BCUT2D eigenvalue weighted by atomic mass is 10.2. The van der Waals surface area contributed by atoms with Gasteiger partial charge in [-0.1, -0.05) is 0 Å². The lowest BCUT2D eigenvalue weighted by Crippen LogP contribution is -2.17. The molecule has 2 aromatic rings. The van der Waals surface area contributed by atoms with Crippen molar-refractivity contribution in [3.63, 3.8) is 0 Å². The van der Waals surface area contributed by atoms with Gasteiger partial charge >= 0.3 is 6.36 Å². The van der Waals surface area contributed by atoms with E-state index in [4.69, 9.17) is 0 Å². The maximum Gasteiger partial charge on any atom is 0.573 e. The Morgan fingerprint density at radius 2 is 1.95 bits per heavy atom. The summed E-state index contributed by atoms with van der Waals surface area (Å²) in [4.78, 5) is 12.1. The van der Waals surface area contributed by atoms with Gasteiger partial charge in [-0.15, -0.1) is 13.2 Å². The second-order valence-corrected chi connectivity index (χ2v) is 4.49. The van der Waals surface area contributed by atoms with E-state index in [9.17, 15) is 18.0 Å². The fourth-order valence-corrected chi connectivity index (χ4v) is 1.93. The molecular weight excluding hydrogens is 299 g/mol. The van der Waals surface area contributed by atoms with Crippen molar-refractivity contribution < 1.29 is 22.7 Å². The third-order valence-electron chi connectivity index (χ3n) is 2.99. The van der Waals surface area contributed by atoms with Crippen molar-refractivity contribution in [1.29, 1.82) is 0 Å². The second-order valence-electron chi connectivity index (χ2n) is 4.49. The van der Waals surface area contributed by atoms with Gasteiger partial charge in [0.05, 0.1) is 11.8 Å². The van der Waals surface area contributed by atoms with Gasteiger partial charge in [0.15, 0.2) is 0 Å². The number of ether oxygens (including phenoxy) is 1. The first kappa shape index (κ1) is 15.9. The Hall–Kier alpha value is -2.51. The maximum absolute atomic E-state index is 12.1. The van der Waals surface area contributed by atoms with Gasteiger partial charge in [0, 0.05) is 17.9 Å². The van der Waals surface area contributed by atoms with Crippen molar-refractivity contribution in [3.8, 4) is 5.75 Å². The molecular formula is C14H14F3N3O2. The number of amides is 1. The van der Waals surface area contributed by atoms with E-state index in [0.717, 1.165) is 17.8 Å². The Balaban J connectivity index is 2.07. The lowest BCUT2D eigenvalue weighted by molar-refractivity contribution is -0.274. The van der Waals surface area contributed by atoms with Crippen molar-refractivity contribution >= 4 is 11.6 Å². The Kier molecular flexibility index (Phi) is 4.39. The summed E-state index contributed by atoms with van der Waals surface area (Å²) in [5, 5.41) is 6.66. The Morgan fingerprint density at radius 1 is 1.32 bits per heavy atom. The number of hydrogen-bond donors (Lipinski definition) is 1. The molecule has 1 amide bonds. The van der Waals surface area contributed by atoms with Crippen LogP contribution in [0.4, 0.5) is 18.9 Å². The van der Waals surface area contributed by atoms with Crippen LogP contribution in [0.1, 0.15) is 23.0 Å². The fourth-order valence-electron chi connectivity index (χ4n) is 1.93. The molecule has 1 heterocycles. The van der Waals surface area contributed by atoms with E-state index >= 15 is 0 Å². The zero-order valence-electron chi connectivity index (χ0n) is 11.9. The van der Waals surface area contributed by atoms with Crippen molar-refractivity contribution in [1.82, 2.24) is 9.78 Å². The molecule has 0 unspecified atom stereocenters. The zero-order chi connectivity index (χ0) is 16.3. The molecule has 0 bridgehead atoms. The number of aromatic nitrogens is 2. The normalized spacial score (nSPS) is 11.3. The number of carbonyl (C=O) groups excluding carboxylic acids is 1. The zero-order valence-corrected chi connectivity index (χ0v) is 11.9. The number of carbonyl (C=O) groups is 1. The third-order valence-corrected chi connectivity index (χ3v) is 2.99. The van der Waals surface area contributed by atoms with Gasteiger partial charge in [0.25, 0.3) is 5.91 Å². The first-order chi connectivity index (χ1) is 10.3. The van der Waals surface area contributed by atoms with Crippen molar-refractivity contribution in [3.05, 3.63) is 41.7 Å². The van der Waals surface area contributed by atoms with Gasteiger partial charge in [-0.05, 0) is 38.1 Å². The van der Waals surface area contributed by atoms with Gasteiger partial charge < -0.3 is 10.1 Å². The number of halogens is 3. The summed E-state index contributed by atoms with van der Waals surface area (Å²) >= 11 is 0. The van der Waals surface area contributed by atoms with Crippen molar-refractivity contribution in [2.45, 2.75) is 26.8 Å². The SMILES string of the molecule is CCn1ncc(C(=O)Nc2ccc(OC(F)(F)F)cc2)c1C. The van der Waals surface area contributed by atoms with Crippen molar-refractivity contribution in [2.24, 2.45) is 0 Å². The van der Waals surface area contributed by atoms with E-state index < -0.39 is 6.36 Å². The summed E-state index contributed by atoms with van der Waals surface area (Å²) in [6.07, 6.45) is -3.29. The molecule has 0 radical (unpaired) electrons. The molecule has 0 saturated carbocycles. The monoisotopic (exact) mass is 313 g/mol. The molecule has 0 atom stereocenters. The molecule has 2 rings (SSSR count). The van der Waals surface area contributed by atoms with Crippen LogP contribution in [0.5, 0.6) is 5.75 Å². The Bertz CT molecular complexity index is 663. The predicted molar refractivity (Wildman–Crippen MR) is 73.7 cm³/mol. The maximum atomic E-state index is 12.1. The van der Waals surface area contributed by atoms with Crippen LogP contribution in [0.3, 0.4) is 0 Å². The predicted octanol–water partition coefficient (Wildman–Crippen LogP) is 3.36. The summed E-state index contributed by atoms with van der Waals surface area (Å²) in [6, 6.07) is 4.92. The van der Waals surface area contributed by atoms with Crippen LogP contribution in [0, 0.1) is 6.92 Å². The van der Waals surface area contributed by atoms with Crippen LogP contribution in [0.25, 0.3) is 0 Å². The van der Waals surface area contributed by atoms with Gasteiger partial charge in [-0.3, -0.25) is 9.48 Å². The van der Waals surface area contributed by atoms with Crippen LogP contribution in [-0.2, 0) is 6.54 Å². The van der Waals surface area contributed by atoms with E-state index in [0.29, 0.717) is 17.8 Å². The number of nitrogens with one attached hydrogen (secondary N) is 1. The Labute approximate surface area is 124 Å². The minimum absolute atomic E-state index is 0.347. The van der Waals surface area contributed by atoms with Crippen LogP contribution in [-0.4, -0.2) is 22.1 Å². The summed E-state index contributed by atoms with van der Waals surface area (Å²) in [5.41, 5.74) is 1.50. The van der Waals surface area contributed by atoms with E-state index in [1.807, 2.05) is 6.92 Å². The van der Waals surface area contributed by atoms with E-state index in [1.165, 1.54) is 18.3 Å². The van der Waals surface area contributed by atoms with Gasteiger partial charge in [-0.2, -0.15) is 5.10 Å². The van der Waals surface area contributed by atoms with E-state index in [1.54, 1.807) is 11.6 Å². The molecule has 1 aromatic carbocycles. The van der Waals surface area contributed by atoms with Crippen LogP contribution < -0.4 is 10.1 Å². The standard InChI is InChI=1S/C14H14F3N3O2/c1-3-20-9(2)12(8-18-20)13(21)19-10-4-6-11(7-5-10)22-14(15,16)17/h4-8H,3H2,1-2H3,(H,19,21). The smallest absolute Gasteiger partial charge is 0.406 e. The molecule has 1 aromatic heterocycles. The molecule has 5 nitrogen and oxygen atoms in total. The van der Waals surface area contributed by atoms with E-state index in [-0.39, 0.29) is 11.7 Å². The number of alkyl halides is 3. The molecule has 0 saturated heterocycles. The average Bonchev–Trinajstić information content (AvgIpc) is 2.80. The summed E-state index contributed by atoms with van der Waals surface area (Å²) in [6.45, 7) is 4.31. The minimum Gasteiger partial charge on any atom is -0.406 e. The van der Waals surface area contributed by atoms with Gasteiger partial charge in [-0.25, -0.2) is 0 Å². The number of nitrogens with zero attached hydrogens (tertiary/aromatic N) is 2. The fraction of sp³-hybridized carbons (Fsp3) is 0.286. The minimum atomic E-state index is -4.74. The number of benzene rings is 1. The Morgan fingerprint density at radius 3 is 2.45 bits per heavy atom. The molecule has 1 N–H and O–H groups in total. The molecule has 0 aliphatic carbocycles. The third kappa shape index (κ3) is 3.78. The molecule has 8 heteroatoms. The van der Waals surface area contributed by atoms with Gasteiger partial charge in [0.1, 0.15) is 5.75 Å². The highest BCUT2D eigenvalue weighted by Crippen LogP contribution is 2.24.